The van der Waals surface area contributed by atoms with Gasteiger partial charge in [0, 0.05) is 42.7 Å². The Morgan fingerprint density at radius 1 is 0.967 bits per heavy atom. The minimum Gasteiger partial charge on any atom is -0.486 e. The number of hydrazine groups is 1. The molecule has 1 aromatic rings. The van der Waals surface area contributed by atoms with Crippen molar-refractivity contribution in [3.8, 4) is 11.5 Å². The van der Waals surface area contributed by atoms with Crippen LogP contribution in [-0.4, -0.2) is 55.1 Å². The van der Waals surface area contributed by atoms with Gasteiger partial charge in [0.15, 0.2) is 11.5 Å². The molecular weight excluding hydrogens is 384 g/mol. The highest BCUT2D eigenvalue weighted by Gasteiger charge is 2.43. The molecule has 3 heterocycles. The zero-order valence-electron chi connectivity index (χ0n) is 17.2. The van der Waals surface area contributed by atoms with Gasteiger partial charge in [-0.25, -0.2) is 5.43 Å². The van der Waals surface area contributed by atoms with Crippen molar-refractivity contribution in [3.05, 3.63) is 18.2 Å². The molecule has 2 saturated heterocycles. The largest absolute Gasteiger partial charge is 0.486 e. The van der Waals surface area contributed by atoms with Crippen LogP contribution in [0.4, 0.5) is 5.69 Å². The highest BCUT2D eigenvalue weighted by molar-refractivity contribution is 5.93. The Bertz CT molecular complexity index is 808. The molecule has 30 heavy (non-hydrogen) atoms. The number of nitrogens with zero attached hydrogens (tertiary/aromatic N) is 1. The van der Waals surface area contributed by atoms with Gasteiger partial charge in [-0.3, -0.25) is 15.0 Å². The molecule has 1 saturated carbocycles. The summed E-state index contributed by atoms with van der Waals surface area (Å²) in [4.78, 5) is 27.7. The second-order valence-electron chi connectivity index (χ2n) is 8.77. The lowest BCUT2D eigenvalue weighted by Gasteiger charge is -2.35. The molecule has 3 aliphatic heterocycles. The number of benzene rings is 1. The van der Waals surface area contributed by atoms with Crippen LogP contribution in [0, 0.1) is 11.8 Å². The van der Waals surface area contributed by atoms with Gasteiger partial charge in [0.1, 0.15) is 19.3 Å². The summed E-state index contributed by atoms with van der Waals surface area (Å²) in [7, 11) is 0. The van der Waals surface area contributed by atoms with Crippen LogP contribution in [0.5, 0.6) is 11.5 Å². The van der Waals surface area contributed by atoms with E-state index >= 15 is 0 Å². The Kier molecular flexibility index (Phi) is 5.52. The normalized spacial score (nSPS) is 28.7. The molecule has 8 heteroatoms. The van der Waals surface area contributed by atoms with E-state index in [1.54, 1.807) is 0 Å². The average molecular weight is 415 g/mol. The van der Waals surface area contributed by atoms with E-state index in [0.717, 1.165) is 12.8 Å². The second kappa shape index (κ2) is 8.43. The molecule has 8 nitrogen and oxygen atoms in total. The number of hydrogen-bond acceptors (Lipinski definition) is 6. The maximum Gasteiger partial charge on any atom is 0.241 e. The van der Waals surface area contributed by atoms with Crippen LogP contribution in [0.25, 0.3) is 0 Å². The van der Waals surface area contributed by atoms with Crippen LogP contribution in [-0.2, 0) is 9.59 Å². The molecule has 0 bridgehead atoms. The Morgan fingerprint density at radius 2 is 1.73 bits per heavy atom. The molecule has 2 amide bonds. The van der Waals surface area contributed by atoms with E-state index in [2.05, 4.69) is 16.2 Å². The Balaban J connectivity index is 1.14. The molecule has 4 aliphatic rings. The molecule has 0 aromatic heterocycles. The fourth-order valence-corrected chi connectivity index (χ4v) is 5.21. The van der Waals surface area contributed by atoms with E-state index in [0.29, 0.717) is 68.3 Å². The van der Waals surface area contributed by atoms with Gasteiger partial charge in [-0.1, -0.05) is 12.8 Å². The third-order valence-electron chi connectivity index (χ3n) is 6.92. The monoisotopic (exact) mass is 414 g/mol. The van der Waals surface area contributed by atoms with Gasteiger partial charge >= 0.3 is 0 Å². The van der Waals surface area contributed by atoms with Gasteiger partial charge in [0.2, 0.25) is 11.8 Å². The maximum atomic E-state index is 13.1. The van der Waals surface area contributed by atoms with E-state index in [-0.39, 0.29) is 23.8 Å². The highest BCUT2D eigenvalue weighted by Crippen LogP contribution is 2.34. The predicted molar refractivity (Wildman–Crippen MR) is 111 cm³/mol. The van der Waals surface area contributed by atoms with Gasteiger partial charge < -0.3 is 19.7 Å². The number of anilines is 1. The zero-order chi connectivity index (χ0) is 20.5. The average Bonchev–Trinajstić information content (AvgIpc) is 3.23. The summed E-state index contributed by atoms with van der Waals surface area (Å²) in [5, 5.41) is 3.00. The molecule has 5 rings (SSSR count). The van der Waals surface area contributed by atoms with Crippen LogP contribution < -0.4 is 25.6 Å². The van der Waals surface area contributed by atoms with Gasteiger partial charge in [0.25, 0.3) is 0 Å². The Morgan fingerprint density at radius 3 is 2.57 bits per heavy atom. The first-order valence-corrected chi connectivity index (χ1v) is 11.2. The van der Waals surface area contributed by atoms with Crippen molar-refractivity contribution < 1.29 is 19.1 Å². The van der Waals surface area contributed by atoms with Crippen LogP contribution in [0.1, 0.15) is 38.5 Å². The SMILES string of the molecule is O=C(Nc1ccc2c(c1)OCCO2)C1CCN(C(=O)C2NNC3CCCCC32)CC1. The number of ether oxygens (including phenoxy) is 2. The predicted octanol–water partition coefficient (Wildman–Crippen LogP) is 1.67. The topological polar surface area (TPSA) is 91.9 Å². The lowest BCUT2D eigenvalue weighted by atomic mass is 9.81. The first kappa shape index (κ1) is 19.6. The van der Waals surface area contributed by atoms with E-state index in [4.69, 9.17) is 9.47 Å². The second-order valence-corrected chi connectivity index (χ2v) is 8.77. The molecular formula is C22H30N4O4. The van der Waals surface area contributed by atoms with E-state index < -0.39 is 0 Å². The minimum atomic E-state index is -0.126. The number of piperidine rings is 1. The molecule has 0 spiro atoms. The number of carbonyl (C=O) groups is 2. The number of hydrogen-bond donors (Lipinski definition) is 3. The molecule has 3 unspecified atom stereocenters. The number of carbonyl (C=O) groups excluding carboxylic acids is 2. The van der Waals surface area contributed by atoms with Gasteiger partial charge in [-0.15, -0.1) is 0 Å². The summed E-state index contributed by atoms with van der Waals surface area (Å²) in [6.07, 6.45) is 6.07. The van der Waals surface area contributed by atoms with Crippen LogP contribution in [0.2, 0.25) is 0 Å². The summed E-state index contributed by atoms with van der Waals surface area (Å²) in [6.45, 7) is 2.33. The lowest BCUT2D eigenvalue weighted by molar-refractivity contribution is -0.137. The summed E-state index contributed by atoms with van der Waals surface area (Å²) in [6, 6.07) is 5.76. The third-order valence-corrected chi connectivity index (χ3v) is 6.92. The first-order chi connectivity index (χ1) is 14.7. The zero-order valence-corrected chi connectivity index (χ0v) is 17.2. The van der Waals surface area contributed by atoms with Crippen LogP contribution in [0.3, 0.4) is 0 Å². The maximum absolute atomic E-state index is 13.1. The van der Waals surface area contributed by atoms with E-state index in [1.165, 1.54) is 12.8 Å². The van der Waals surface area contributed by atoms with E-state index in [9.17, 15) is 9.59 Å². The number of rotatable bonds is 3. The van der Waals surface area contributed by atoms with Crippen LogP contribution in [0.15, 0.2) is 18.2 Å². The van der Waals surface area contributed by atoms with Crippen molar-refractivity contribution in [2.75, 3.05) is 31.6 Å². The number of amides is 2. The van der Waals surface area contributed by atoms with Crippen molar-refractivity contribution in [2.24, 2.45) is 11.8 Å². The summed E-state index contributed by atoms with van der Waals surface area (Å²) < 4.78 is 11.1. The van der Waals surface area contributed by atoms with Crippen molar-refractivity contribution in [1.29, 1.82) is 0 Å². The molecule has 1 aliphatic carbocycles. The summed E-state index contributed by atoms with van der Waals surface area (Å²) in [5.74, 6) is 1.87. The third kappa shape index (κ3) is 3.86. The molecule has 3 N–H and O–H groups in total. The first-order valence-electron chi connectivity index (χ1n) is 11.2. The Labute approximate surface area is 176 Å². The standard InChI is InChI=1S/C22H30N4O4/c27-21(23-15-5-6-18-19(13-15)30-12-11-29-18)14-7-9-26(10-8-14)22(28)20-16-3-1-2-4-17(16)24-25-20/h5-6,13-14,16-17,20,24-25H,1-4,7-12H2,(H,23,27). The Hall–Kier alpha value is -2.32. The molecule has 1 aromatic carbocycles. The van der Waals surface area contributed by atoms with E-state index in [1.807, 2.05) is 23.1 Å². The van der Waals surface area contributed by atoms with Crippen molar-refractivity contribution in [2.45, 2.75) is 50.6 Å². The molecule has 3 atom stereocenters. The number of likely N-dealkylation sites (tertiary alicyclic amines) is 1. The molecule has 162 valence electrons. The van der Waals surface area contributed by atoms with Crippen molar-refractivity contribution in [3.63, 3.8) is 0 Å². The molecule has 0 radical (unpaired) electrons. The minimum absolute atomic E-state index is 0.00628. The highest BCUT2D eigenvalue weighted by atomic mass is 16.6. The fourth-order valence-electron chi connectivity index (χ4n) is 5.21. The lowest BCUT2D eigenvalue weighted by Crippen LogP contribution is -2.51. The fraction of sp³-hybridized carbons (Fsp3) is 0.636. The van der Waals surface area contributed by atoms with Crippen molar-refractivity contribution >= 4 is 17.5 Å². The van der Waals surface area contributed by atoms with Gasteiger partial charge in [0.05, 0.1) is 0 Å². The summed E-state index contributed by atoms with van der Waals surface area (Å²) in [5.41, 5.74) is 7.28. The molecule has 3 fully saturated rings. The van der Waals surface area contributed by atoms with Crippen LogP contribution >= 0.6 is 0 Å². The summed E-state index contributed by atoms with van der Waals surface area (Å²) >= 11 is 0. The van der Waals surface area contributed by atoms with Crippen molar-refractivity contribution in [1.82, 2.24) is 15.8 Å². The number of fused-ring (bicyclic) bond motifs is 2. The van der Waals surface area contributed by atoms with Gasteiger partial charge in [-0.05, 0) is 37.8 Å². The smallest absolute Gasteiger partial charge is 0.241 e. The van der Waals surface area contributed by atoms with Gasteiger partial charge in [-0.2, -0.15) is 0 Å². The quantitative estimate of drug-likeness (QED) is 0.697. The number of nitrogens with one attached hydrogen (secondary N) is 3.